The van der Waals surface area contributed by atoms with E-state index in [0.717, 1.165) is 0 Å². The van der Waals surface area contributed by atoms with Gasteiger partial charge in [-0.15, -0.1) is 0 Å². The molecule has 4 N–H and O–H groups in total. The molecule has 0 aliphatic heterocycles. The van der Waals surface area contributed by atoms with Gasteiger partial charge in [0.25, 0.3) is 0 Å². The predicted molar refractivity (Wildman–Crippen MR) is 56.6 cm³/mol. The Hall–Kier alpha value is -1.62. The third-order valence-electron chi connectivity index (χ3n) is 2.34. The summed E-state index contributed by atoms with van der Waals surface area (Å²) in [6.45, 7) is 1.52. The molecule has 0 spiro atoms. The predicted octanol–water partition coefficient (Wildman–Crippen LogP) is 1.70. The molecule has 1 atom stereocenters. The Bertz CT molecular complexity index is 406. The van der Waals surface area contributed by atoms with E-state index in [1.165, 1.54) is 19.1 Å². The summed E-state index contributed by atoms with van der Waals surface area (Å²) in [6, 6.07) is 1.80. The molecular formula is C11H14FNO3. The maximum Gasteiger partial charge on any atom is 0.303 e. The fourth-order valence-corrected chi connectivity index (χ4v) is 1.48. The minimum atomic E-state index is -0.979. The topological polar surface area (TPSA) is 83.5 Å². The Balaban J connectivity index is 2.90. The Morgan fingerprint density at radius 1 is 1.56 bits per heavy atom. The van der Waals surface area contributed by atoms with Crippen LogP contribution < -0.4 is 5.73 Å². The van der Waals surface area contributed by atoms with Gasteiger partial charge in [-0.3, -0.25) is 4.79 Å². The zero-order valence-electron chi connectivity index (χ0n) is 8.90. The highest BCUT2D eigenvalue weighted by atomic mass is 19.1. The number of carboxylic acid groups (broad SMARTS) is 1. The fourth-order valence-electron chi connectivity index (χ4n) is 1.48. The van der Waals surface area contributed by atoms with E-state index in [1.54, 1.807) is 0 Å². The van der Waals surface area contributed by atoms with E-state index in [0.29, 0.717) is 5.56 Å². The van der Waals surface area contributed by atoms with Gasteiger partial charge >= 0.3 is 5.97 Å². The maximum atomic E-state index is 13.6. The number of halogens is 1. The van der Waals surface area contributed by atoms with E-state index in [4.69, 9.17) is 10.8 Å². The van der Waals surface area contributed by atoms with Gasteiger partial charge in [0.15, 0.2) is 0 Å². The highest BCUT2D eigenvalue weighted by Crippen LogP contribution is 2.26. The van der Waals surface area contributed by atoms with E-state index in [2.05, 4.69) is 0 Å². The molecule has 0 bridgehead atoms. The number of hydrogen-bond acceptors (Lipinski definition) is 3. The summed E-state index contributed by atoms with van der Waals surface area (Å²) < 4.78 is 13.6. The van der Waals surface area contributed by atoms with Gasteiger partial charge in [-0.05, 0) is 31.0 Å². The van der Waals surface area contributed by atoms with E-state index in [9.17, 15) is 14.3 Å². The number of nitrogens with two attached hydrogens (primary N) is 1. The fraction of sp³-hybridized carbons (Fsp3) is 0.364. The Morgan fingerprint density at radius 2 is 2.19 bits per heavy atom. The number of rotatable bonds is 4. The van der Waals surface area contributed by atoms with Gasteiger partial charge in [0.2, 0.25) is 0 Å². The molecule has 0 aliphatic carbocycles. The van der Waals surface area contributed by atoms with Gasteiger partial charge in [-0.25, -0.2) is 4.39 Å². The average molecular weight is 227 g/mol. The van der Waals surface area contributed by atoms with Crippen LogP contribution in [0.1, 0.15) is 30.0 Å². The van der Waals surface area contributed by atoms with E-state index in [-0.39, 0.29) is 24.2 Å². The van der Waals surface area contributed by atoms with E-state index < -0.39 is 17.8 Å². The number of hydrogen-bond donors (Lipinski definition) is 3. The lowest BCUT2D eigenvalue weighted by Gasteiger charge is -2.13. The quantitative estimate of drug-likeness (QED) is 0.731. The Labute approximate surface area is 92.5 Å². The van der Waals surface area contributed by atoms with Crippen LogP contribution in [0.5, 0.6) is 5.75 Å². The molecule has 5 heteroatoms. The molecule has 0 fully saturated rings. The summed E-state index contributed by atoms with van der Waals surface area (Å²) in [5.74, 6) is -1.54. The molecular weight excluding hydrogens is 213 g/mol. The Morgan fingerprint density at radius 3 is 2.75 bits per heavy atom. The van der Waals surface area contributed by atoms with Crippen LogP contribution in [0.2, 0.25) is 0 Å². The maximum absolute atomic E-state index is 13.6. The molecule has 4 nitrogen and oxygen atoms in total. The largest absolute Gasteiger partial charge is 0.508 e. The van der Waals surface area contributed by atoms with E-state index >= 15 is 0 Å². The second-order valence-electron chi connectivity index (χ2n) is 3.70. The number of benzene rings is 1. The lowest BCUT2D eigenvalue weighted by Crippen LogP contribution is -2.14. The normalized spacial score (nSPS) is 12.4. The number of aromatic hydroxyl groups is 1. The number of phenols is 1. The van der Waals surface area contributed by atoms with Crippen molar-refractivity contribution in [1.29, 1.82) is 0 Å². The molecule has 0 aliphatic rings. The molecule has 1 aromatic carbocycles. The molecule has 0 aromatic heterocycles. The third kappa shape index (κ3) is 2.93. The van der Waals surface area contributed by atoms with Crippen LogP contribution in [-0.4, -0.2) is 16.2 Å². The van der Waals surface area contributed by atoms with Crippen LogP contribution in [0.15, 0.2) is 12.1 Å². The first-order valence-electron chi connectivity index (χ1n) is 4.88. The van der Waals surface area contributed by atoms with E-state index in [1.807, 2.05) is 0 Å². The summed E-state index contributed by atoms with van der Waals surface area (Å²) in [6.07, 6.45) is 0.00442. The second-order valence-corrected chi connectivity index (χ2v) is 3.70. The Kier molecular flexibility index (Phi) is 3.84. The summed E-state index contributed by atoms with van der Waals surface area (Å²) in [7, 11) is 0. The van der Waals surface area contributed by atoms with Crippen molar-refractivity contribution in [2.24, 2.45) is 5.73 Å². The van der Waals surface area contributed by atoms with Gasteiger partial charge in [0.1, 0.15) is 11.6 Å². The first kappa shape index (κ1) is 12.4. The van der Waals surface area contributed by atoms with Crippen LogP contribution in [-0.2, 0) is 4.79 Å². The van der Waals surface area contributed by atoms with Gasteiger partial charge in [0.05, 0.1) is 0 Å². The number of aryl methyl sites for hydroxylation is 1. The van der Waals surface area contributed by atoms with Gasteiger partial charge in [0, 0.05) is 18.0 Å². The number of carbonyl (C=O) groups is 1. The zero-order chi connectivity index (χ0) is 12.3. The van der Waals surface area contributed by atoms with Gasteiger partial charge < -0.3 is 15.9 Å². The van der Waals surface area contributed by atoms with Crippen molar-refractivity contribution < 1.29 is 19.4 Å². The molecule has 1 unspecified atom stereocenters. The monoisotopic (exact) mass is 227 g/mol. The lowest BCUT2D eigenvalue weighted by atomic mass is 10.00. The minimum absolute atomic E-state index is 0.0697. The molecule has 0 heterocycles. The molecule has 88 valence electrons. The summed E-state index contributed by atoms with van der Waals surface area (Å²) in [5.41, 5.74) is 6.11. The van der Waals surface area contributed by atoms with Crippen LogP contribution in [0.4, 0.5) is 4.39 Å². The summed E-state index contributed by atoms with van der Waals surface area (Å²) in [5, 5.41) is 17.8. The van der Waals surface area contributed by atoms with Crippen molar-refractivity contribution in [3.63, 3.8) is 0 Å². The van der Waals surface area contributed by atoms with Crippen LogP contribution in [0.25, 0.3) is 0 Å². The first-order chi connectivity index (χ1) is 7.41. The number of aliphatic carboxylic acids is 1. The second kappa shape index (κ2) is 4.94. The molecule has 0 amide bonds. The summed E-state index contributed by atoms with van der Waals surface area (Å²) >= 11 is 0. The van der Waals surface area contributed by atoms with Crippen LogP contribution >= 0.6 is 0 Å². The molecule has 0 radical (unpaired) electrons. The first-order valence-corrected chi connectivity index (χ1v) is 4.88. The smallest absolute Gasteiger partial charge is 0.303 e. The zero-order valence-corrected chi connectivity index (χ0v) is 8.90. The van der Waals surface area contributed by atoms with Crippen molar-refractivity contribution in [3.8, 4) is 5.75 Å². The van der Waals surface area contributed by atoms with Crippen molar-refractivity contribution >= 4 is 5.97 Å². The summed E-state index contributed by atoms with van der Waals surface area (Å²) in [4.78, 5) is 10.4. The minimum Gasteiger partial charge on any atom is -0.508 e. The molecule has 1 rings (SSSR count). The van der Waals surface area contributed by atoms with Crippen molar-refractivity contribution in [2.45, 2.75) is 25.8 Å². The standard InChI is InChI=1S/C11H14FNO3/c1-6-4-7(14)5-8(11(6)12)9(13)2-3-10(15)16/h4-5,9,14H,2-3,13H2,1H3,(H,15,16). The van der Waals surface area contributed by atoms with Crippen molar-refractivity contribution in [2.75, 3.05) is 0 Å². The van der Waals surface area contributed by atoms with Crippen molar-refractivity contribution in [1.82, 2.24) is 0 Å². The van der Waals surface area contributed by atoms with Gasteiger partial charge in [-0.2, -0.15) is 0 Å². The number of carboxylic acids is 1. The SMILES string of the molecule is Cc1cc(O)cc(C(N)CCC(=O)O)c1F. The average Bonchev–Trinajstić information content (AvgIpc) is 2.19. The van der Waals surface area contributed by atoms with Crippen LogP contribution in [0, 0.1) is 12.7 Å². The van der Waals surface area contributed by atoms with Gasteiger partial charge in [-0.1, -0.05) is 0 Å². The molecule has 0 saturated carbocycles. The molecule has 1 aromatic rings. The highest BCUT2D eigenvalue weighted by molar-refractivity contribution is 5.66. The lowest BCUT2D eigenvalue weighted by molar-refractivity contribution is -0.137. The highest BCUT2D eigenvalue weighted by Gasteiger charge is 2.15. The third-order valence-corrected chi connectivity index (χ3v) is 2.34. The van der Waals surface area contributed by atoms with Crippen molar-refractivity contribution in [3.05, 3.63) is 29.1 Å². The molecule has 16 heavy (non-hydrogen) atoms. The molecule has 0 saturated heterocycles. The van der Waals surface area contributed by atoms with Crippen LogP contribution in [0.3, 0.4) is 0 Å². The number of phenolic OH excluding ortho intramolecular Hbond substituents is 1.